The third-order valence-corrected chi connectivity index (χ3v) is 3.83. The maximum atomic E-state index is 5.87. The van der Waals surface area contributed by atoms with Gasteiger partial charge in [0.2, 0.25) is 0 Å². The Morgan fingerprint density at radius 2 is 1.58 bits per heavy atom. The molecule has 0 bridgehead atoms. The molecule has 0 aliphatic heterocycles. The van der Waals surface area contributed by atoms with E-state index in [0.29, 0.717) is 31.3 Å². The Labute approximate surface area is 144 Å². The molecule has 0 fully saturated rings. The SMILES string of the molecule is CCOc1cc(OC)c(OC)cc1C(C)COCc1ccccc1. The van der Waals surface area contributed by atoms with E-state index in [-0.39, 0.29) is 5.92 Å². The molecular weight excluding hydrogens is 304 g/mol. The third kappa shape index (κ3) is 4.65. The van der Waals surface area contributed by atoms with Crippen molar-refractivity contribution in [2.24, 2.45) is 0 Å². The van der Waals surface area contributed by atoms with Crippen LogP contribution in [-0.2, 0) is 11.3 Å². The van der Waals surface area contributed by atoms with Crippen molar-refractivity contribution in [3.63, 3.8) is 0 Å². The lowest BCUT2D eigenvalue weighted by Crippen LogP contribution is -2.08. The first-order valence-electron chi connectivity index (χ1n) is 8.20. The summed E-state index contributed by atoms with van der Waals surface area (Å²) < 4.78 is 22.4. The standard InChI is InChI=1S/C20H26O4/c1-5-24-18-12-20(22-4)19(21-3)11-17(18)15(2)13-23-14-16-9-7-6-8-10-16/h6-12,15H,5,13-14H2,1-4H3. The van der Waals surface area contributed by atoms with Crippen molar-refractivity contribution in [2.75, 3.05) is 27.4 Å². The first kappa shape index (κ1) is 18.1. The number of benzene rings is 2. The number of hydrogen-bond donors (Lipinski definition) is 0. The number of ether oxygens (including phenoxy) is 4. The largest absolute Gasteiger partial charge is 0.493 e. The van der Waals surface area contributed by atoms with Gasteiger partial charge in [0.05, 0.1) is 34.0 Å². The molecule has 2 aromatic carbocycles. The van der Waals surface area contributed by atoms with Gasteiger partial charge in [-0.25, -0.2) is 0 Å². The van der Waals surface area contributed by atoms with Gasteiger partial charge in [-0.05, 0) is 18.6 Å². The van der Waals surface area contributed by atoms with E-state index in [1.54, 1.807) is 14.2 Å². The van der Waals surface area contributed by atoms with Gasteiger partial charge in [-0.3, -0.25) is 0 Å². The second-order valence-corrected chi connectivity index (χ2v) is 5.58. The van der Waals surface area contributed by atoms with Gasteiger partial charge < -0.3 is 18.9 Å². The molecule has 0 heterocycles. The Morgan fingerprint density at radius 1 is 0.917 bits per heavy atom. The Hall–Kier alpha value is -2.20. The van der Waals surface area contributed by atoms with Crippen LogP contribution in [0.25, 0.3) is 0 Å². The van der Waals surface area contributed by atoms with E-state index >= 15 is 0 Å². The van der Waals surface area contributed by atoms with Crippen LogP contribution < -0.4 is 14.2 Å². The van der Waals surface area contributed by atoms with Gasteiger partial charge in [0, 0.05) is 17.5 Å². The predicted molar refractivity (Wildman–Crippen MR) is 95.2 cm³/mol. The zero-order chi connectivity index (χ0) is 17.4. The molecule has 4 heteroatoms. The van der Waals surface area contributed by atoms with E-state index in [1.165, 1.54) is 5.56 Å². The summed E-state index contributed by atoms with van der Waals surface area (Å²) in [4.78, 5) is 0. The average molecular weight is 330 g/mol. The summed E-state index contributed by atoms with van der Waals surface area (Å²) in [6.07, 6.45) is 0. The predicted octanol–water partition coefficient (Wildman–Crippen LogP) is 4.42. The fraction of sp³-hybridized carbons (Fsp3) is 0.400. The molecule has 24 heavy (non-hydrogen) atoms. The van der Waals surface area contributed by atoms with Crippen LogP contribution in [0.2, 0.25) is 0 Å². The monoisotopic (exact) mass is 330 g/mol. The smallest absolute Gasteiger partial charge is 0.164 e. The lowest BCUT2D eigenvalue weighted by Gasteiger charge is -2.19. The van der Waals surface area contributed by atoms with Crippen molar-refractivity contribution in [1.29, 1.82) is 0 Å². The summed E-state index contributed by atoms with van der Waals surface area (Å²) in [5.41, 5.74) is 2.23. The molecule has 0 saturated heterocycles. The zero-order valence-corrected chi connectivity index (χ0v) is 14.9. The van der Waals surface area contributed by atoms with Crippen molar-refractivity contribution < 1.29 is 18.9 Å². The molecule has 0 saturated carbocycles. The van der Waals surface area contributed by atoms with Crippen LogP contribution in [-0.4, -0.2) is 27.4 Å². The topological polar surface area (TPSA) is 36.9 Å². The summed E-state index contributed by atoms with van der Waals surface area (Å²) in [5.74, 6) is 2.36. The molecular formula is C20H26O4. The fourth-order valence-corrected chi connectivity index (χ4v) is 2.56. The van der Waals surface area contributed by atoms with Crippen LogP contribution >= 0.6 is 0 Å². The second kappa shape index (κ2) is 9.18. The Balaban J connectivity index is 2.10. The zero-order valence-electron chi connectivity index (χ0n) is 14.9. The van der Waals surface area contributed by atoms with E-state index < -0.39 is 0 Å². The molecule has 0 radical (unpaired) electrons. The number of methoxy groups -OCH3 is 2. The molecule has 0 aliphatic rings. The summed E-state index contributed by atoms with van der Waals surface area (Å²) in [7, 11) is 3.26. The quantitative estimate of drug-likeness (QED) is 0.682. The van der Waals surface area contributed by atoms with Gasteiger partial charge in [-0.1, -0.05) is 37.3 Å². The minimum atomic E-state index is 0.176. The van der Waals surface area contributed by atoms with E-state index in [1.807, 2.05) is 37.3 Å². The maximum Gasteiger partial charge on any atom is 0.164 e. The van der Waals surface area contributed by atoms with Gasteiger partial charge in [0.25, 0.3) is 0 Å². The highest BCUT2D eigenvalue weighted by atomic mass is 16.5. The van der Waals surface area contributed by atoms with Gasteiger partial charge >= 0.3 is 0 Å². The maximum absolute atomic E-state index is 5.87. The normalized spacial score (nSPS) is 11.8. The molecule has 0 spiro atoms. The third-order valence-electron chi connectivity index (χ3n) is 3.83. The van der Waals surface area contributed by atoms with Gasteiger partial charge in [0.1, 0.15) is 5.75 Å². The molecule has 1 atom stereocenters. The van der Waals surface area contributed by atoms with Crippen molar-refractivity contribution in [2.45, 2.75) is 26.4 Å². The number of rotatable bonds is 9. The molecule has 4 nitrogen and oxygen atoms in total. The molecule has 0 aromatic heterocycles. The van der Waals surface area contributed by atoms with Crippen LogP contribution in [0.15, 0.2) is 42.5 Å². The van der Waals surface area contributed by atoms with Gasteiger partial charge in [-0.2, -0.15) is 0 Å². The Bertz CT molecular complexity index is 625. The lowest BCUT2D eigenvalue weighted by atomic mass is 10.00. The van der Waals surface area contributed by atoms with E-state index in [4.69, 9.17) is 18.9 Å². The highest BCUT2D eigenvalue weighted by Crippen LogP contribution is 2.38. The highest BCUT2D eigenvalue weighted by Gasteiger charge is 2.17. The molecule has 0 amide bonds. The van der Waals surface area contributed by atoms with Crippen molar-refractivity contribution >= 4 is 0 Å². The number of hydrogen-bond acceptors (Lipinski definition) is 4. The van der Waals surface area contributed by atoms with Crippen molar-refractivity contribution in [3.8, 4) is 17.2 Å². The van der Waals surface area contributed by atoms with E-state index in [9.17, 15) is 0 Å². The van der Waals surface area contributed by atoms with Crippen LogP contribution in [0.1, 0.15) is 30.9 Å². The van der Waals surface area contributed by atoms with Gasteiger partial charge in [-0.15, -0.1) is 0 Å². The molecule has 2 aromatic rings. The summed E-state index contributed by atoms with van der Waals surface area (Å²) >= 11 is 0. The van der Waals surface area contributed by atoms with Crippen LogP contribution in [0.5, 0.6) is 17.2 Å². The average Bonchev–Trinajstić information content (AvgIpc) is 2.62. The van der Waals surface area contributed by atoms with E-state index in [0.717, 1.165) is 11.3 Å². The lowest BCUT2D eigenvalue weighted by molar-refractivity contribution is 0.109. The first-order chi connectivity index (χ1) is 11.7. The Morgan fingerprint density at radius 3 is 2.21 bits per heavy atom. The molecule has 0 aliphatic carbocycles. The van der Waals surface area contributed by atoms with Gasteiger partial charge in [0.15, 0.2) is 11.5 Å². The summed E-state index contributed by atoms with van der Waals surface area (Å²) in [5, 5.41) is 0. The fourth-order valence-electron chi connectivity index (χ4n) is 2.56. The second-order valence-electron chi connectivity index (χ2n) is 5.58. The first-order valence-corrected chi connectivity index (χ1v) is 8.20. The van der Waals surface area contributed by atoms with Crippen LogP contribution in [0, 0.1) is 0 Å². The molecule has 2 rings (SSSR count). The summed E-state index contributed by atoms with van der Waals surface area (Å²) in [6, 6.07) is 14.0. The van der Waals surface area contributed by atoms with E-state index in [2.05, 4.69) is 19.1 Å². The molecule has 130 valence electrons. The summed E-state index contributed by atoms with van der Waals surface area (Å²) in [6.45, 7) is 5.89. The minimum Gasteiger partial charge on any atom is -0.493 e. The highest BCUT2D eigenvalue weighted by molar-refractivity contribution is 5.52. The van der Waals surface area contributed by atoms with Crippen LogP contribution in [0.4, 0.5) is 0 Å². The van der Waals surface area contributed by atoms with Crippen LogP contribution in [0.3, 0.4) is 0 Å². The minimum absolute atomic E-state index is 0.176. The van der Waals surface area contributed by atoms with Crippen molar-refractivity contribution in [3.05, 3.63) is 53.6 Å². The van der Waals surface area contributed by atoms with Crippen molar-refractivity contribution in [1.82, 2.24) is 0 Å². The molecule has 0 N–H and O–H groups in total. The molecule has 1 unspecified atom stereocenters. The Kier molecular flexibility index (Phi) is 6.94.